The van der Waals surface area contributed by atoms with Crippen LogP contribution < -0.4 is 0 Å². The fourth-order valence-electron chi connectivity index (χ4n) is 1.37. The Morgan fingerprint density at radius 3 is 2.50 bits per heavy atom. The van der Waals surface area contributed by atoms with Gasteiger partial charge in [0.1, 0.15) is 0 Å². The lowest BCUT2D eigenvalue weighted by Gasteiger charge is -1.99. The number of carbonyl (C=O) groups is 2. The average Bonchev–Trinajstić information content (AvgIpc) is 2.37. The van der Waals surface area contributed by atoms with Crippen molar-refractivity contribution in [1.82, 2.24) is 0 Å². The molecule has 0 radical (unpaired) electrons. The van der Waals surface area contributed by atoms with Crippen LogP contribution in [0.5, 0.6) is 0 Å². The van der Waals surface area contributed by atoms with E-state index in [9.17, 15) is 9.59 Å². The molecule has 0 heterocycles. The number of aliphatic carboxylic acids is 1. The highest BCUT2D eigenvalue weighted by atomic mass is 16.5. The first kappa shape index (κ1) is 13.8. The van der Waals surface area contributed by atoms with E-state index in [4.69, 9.17) is 5.11 Å². The van der Waals surface area contributed by atoms with Gasteiger partial charge in [-0.05, 0) is 30.5 Å². The molecule has 0 unspecified atom stereocenters. The Labute approximate surface area is 106 Å². The van der Waals surface area contributed by atoms with Gasteiger partial charge in [-0.15, -0.1) is 0 Å². The van der Waals surface area contributed by atoms with E-state index in [1.165, 1.54) is 7.11 Å². The van der Waals surface area contributed by atoms with E-state index in [-0.39, 0.29) is 6.42 Å². The number of rotatable bonds is 4. The van der Waals surface area contributed by atoms with Crippen molar-refractivity contribution < 1.29 is 19.4 Å². The number of benzene rings is 1. The lowest BCUT2D eigenvalue weighted by molar-refractivity contribution is -0.137. The van der Waals surface area contributed by atoms with Crippen LogP contribution in [0.15, 0.2) is 24.3 Å². The molecule has 0 amide bonds. The summed E-state index contributed by atoms with van der Waals surface area (Å²) >= 11 is 0. The lowest BCUT2D eigenvalue weighted by atomic mass is 10.1. The predicted molar refractivity (Wildman–Crippen MR) is 65.9 cm³/mol. The number of ether oxygens (including phenoxy) is 1. The normalized spacial score (nSPS) is 9.17. The molecule has 18 heavy (non-hydrogen) atoms. The molecule has 1 aromatic carbocycles. The van der Waals surface area contributed by atoms with Crippen molar-refractivity contribution in [2.75, 3.05) is 7.11 Å². The molecular weight excluding hydrogens is 232 g/mol. The van der Waals surface area contributed by atoms with Gasteiger partial charge >= 0.3 is 11.9 Å². The maximum Gasteiger partial charge on any atom is 0.384 e. The van der Waals surface area contributed by atoms with Crippen LogP contribution in [0.4, 0.5) is 0 Å². The maximum absolute atomic E-state index is 10.8. The minimum absolute atomic E-state index is 0.171. The summed E-state index contributed by atoms with van der Waals surface area (Å²) in [5.41, 5.74) is 1.78. The van der Waals surface area contributed by atoms with E-state index in [0.717, 1.165) is 17.5 Å². The molecule has 0 saturated heterocycles. The Bertz CT molecular complexity index is 477. The number of hydrogen-bond donors (Lipinski definition) is 1. The number of carbonyl (C=O) groups excluding carboxylic acids is 1. The van der Waals surface area contributed by atoms with Gasteiger partial charge in [-0.3, -0.25) is 4.79 Å². The zero-order valence-electron chi connectivity index (χ0n) is 10.1. The molecule has 1 aromatic rings. The summed E-state index contributed by atoms with van der Waals surface area (Å²) in [4.78, 5) is 21.2. The summed E-state index contributed by atoms with van der Waals surface area (Å²) in [6.07, 6.45) is 1.50. The third-order valence-corrected chi connectivity index (χ3v) is 2.30. The molecule has 1 rings (SSSR count). The van der Waals surface area contributed by atoms with Crippen molar-refractivity contribution in [2.45, 2.75) is 19.3 Å². The summed E-state index contributed by atoms with van der Waals surface area (Å²) in [7, 11) is 1.28. The molecule has 4 heteroatoms. The first-order chi connectivity index (χ1) is 8.61. The second-order valence-electron chi connectivity index (χ2n) is 3.69. The van der Waals surface area contributed by atoms with Gasteiger partial charge in [0.25, 0.3) is 0 Å². The molecule has 1 N–H and O–H groups in total. The second kappa shape index (κ2) is 7.13. The topological polar surface area (TPSA) is 63.6 Å². The van der Waals surface area contributed by atoms with Crippen LogP contribution >= 0.6 is 0 Å². The zero-order chi connectivity index (χ0) is 13.4. The molecule has 0 atom stereocenters. The largest absolute Gasteiger partial charge is 0.481 e. The number of hydrogen-bond acceptors (Lipinski definition) is 3. The van der Waals surface area contributed by atoms with Crippen molar-refractivity contribution in [3.8, 4) is 11.8 Å². The van der Waals surface area contributed by atoms with Crippen molar-refractivity contribution in [1.29, 1.82) is 0 Å². The standard InChI is InChI=1S/C14H14O4/c1-18-14(17)10-9-12-7-5-11(6-8-12)3-2-4-13(15)16/h5-8H,2-4H2,1H3,(H,15,16). The van der Waals surface area contributed by atoms with Gasteiger partial charge < -0.3 is 9.84 Å². The number of carboxylic acids is 1. The molecule has 0 aliphatic heterocycles. The highest BCUT2D eigenvalue weighted by Gasteiger charge is 1.98. The van der Waals surface area contributed by atoms with E-state index in [2.05, 4.69) is 16.6 Å². The van der Waals surface area contributed by atoms with Crippen LogP contribution in [0, 0.1) is 11.8 Å². The smallest absolute Gasteiger partial charge is 0.384 e. The van der Waals surface area contributed by atoms with E-state index in [0.29, 0.717) is 6.42 Å². The molecule has 0 saturated carbocycles. The van der Waals surface area contributed by atoms with Gasteiger partial charge in [0.2, 0.25) is 0 Å². The van der Waals surface area contributed by atoms with Gasteiger partial charge in [0, 0.05) is 17.9 Å². The van der Waals surface area contributed by atoms with Crippen molar-refractivity contribution in [2.24, 2.45) is 0 Å². The van der Waals surface area contributed by atoms with Gasteiger partial charge in [-0.2, -0.15) is 0 Å². The second-order valence-corrected chi connectivity index (χ2v) is 3.69. The van der Waals surface area contributed by atoms with Crippen molar-refractivity contribution in [3.05, 3.63) is 35.4 Å². The Hall–Kier alpha value is -2.28. The first-order valence-corrected chi connectivity index (χ1v) is 5.52. The minimum atomic E-state index is -0.782. The molecule has 0 aromatic heterocycles. The molecule has 0 aliphatic rings. The van der Waals surface area contributed by atoms with E-state index < -0.39 is 11.9 Å². The van der Waals surface area contributed by atoms with E-state index >= 15 is 0 Å². The quantitative estimate of drug-likeness (QED) is 0.647. The predicted octanol–water partition coefficient (Wildman–Crippen LogP) is 1.62. The van der Waals surface area contributed by atoms with E-state index in [1.807, 2.05) is 12.1 Å². The Morgan fingerprint density at radius 1 is 1.28 bits per heavy atom. The van der Waals surface area contributed by atoms with Crippen molar-refractivity contribution >= 4 is 11.9 Å². The van der Waals surface area contributed by atoms with Gasteiger partial charge in [0.15, 0.2) is 0 Å². The summed E-state index contributed by atoms with van der Waals surface area (Å²) in [5.74, 6) is 3.66. The van der Waals surface area contributed by atoms with Gasteiger partial charge in [-0.25, -0.2) is 4.79 Å². The monoisotopic (exact) mass is 246 g/mol. The number of methoxy groups -OCH3 is 1. The molecule has 0 spiro atoms. The fourth-order valence-corrected chi connectivity index (χ4v) is 1.37. The van der Waals surface area contributed by atoms with Gasteiger partial charge in [0.05, 0.1) is 7.11 Å². The summed E-state index contributed by atoms with van der Waals surface area (Å²) in [6, 6.07) is 7.35. The highest BCUT2D eigenvalue weighted by Crippen LogP contribution is 2.07. The third-order valence-electron chi connectivity index (χ3n) is 2.30. The average molecular weight is 246 g/mol. The SMILES string of the molecule is COC(=O)C#Cc1ccc(CCCC(=O)O)cc1. The Morgan fingerprint density at radius 2 is 1.94 bits per heavy atom. The van der Waals surface area contributed by atoms with Crippen LogP contribution in [-0.4, -0.2) is 24.2 Å². The van der Waals surface area contributed by atoms with Crippen LogP contribution in [0.3, 0.4) is 0 Å². The summed E-state index contributed by atoms with van der Waals surface area (Å²) in [5, 5.41) is 8.52. The lowest BCUT2D eigenvalue weighted by Crippen LogP contribution is -1.96. The zero-order valence-corrected chi connectivity index (χ0v) is 10.1. The Balaban J connectivity index is 2.54. The van der Waals surface area contributed by atoms with Crippen LogP contribution in [0.1, 0.15) is 24.0 Å². The number of carboxylic acid groups (broad SMARTS) is 1. The third kappa shape index (κ3) is 5.17. The molecule has 0 fully saturated rings. The molecule has 94 valence electrons. The number of esters is 1. The molecule has 4 nitrogen and oxygen atoms in total. The molecular formula is C14H14O4. The fraction of sp³-hybridized carbons (Fsp3) is 0.286. The first-order valence-electron chi connectivity index (χ1n) is 5.52. The van der Waals surface area contributed by atoms with Crippen molar-refractivity contribution in [3.63, 3.8) is 0 Å². The maximum atomic E-state index is 10.8. The minimum Gasteiger partial charge on any atom is -0.481 e. The highest BCUT2D eigenvalue weighted by molar-refractivity contribution is 5.88. The van der Waals surface area contributed by atoms with Crippen LogP contribution in [0.2, 0.25) is 0 Å². The summed E-state index contributed by atoms with van der Waals surface area (Å²) < 4.78 is 4.40. The van der Waals surface area contributed by atoms with E-state index in [1.54, 1.807) is 12.1 Å². The Kier molecular flexibility index (Phi) is 5.46. The van der Waals surface area contributed by atoms with Crippen LogP contribution in [-0.2, 0) is 20.7 Å². The summed E-state index contributed by atoms with van der Waals surface area (Å²) in [6.45, 7) is 0. The van der Waals surface area contributed by atoms with Gasteiger partial charge in [-0.1, -0.05) is 18.1 Å². The van der Waals surface area contributed by atoms with Crippen LogP contribution in [0.25, 0.3) is 0 Å². The number of aryl methyl sites for hydroxylation is 1. The molecule has 0 bridgehead atoms. The molecule has 0 aliphatic carbocycles.